The van der Waals surface area contributed by atoms with Crippen LogP contribution in [0.3, 0.4) is 0 Å². The first kappa shape index (κ1) is 29.5. The number of carboxylic acid groups (broad SMARTS) is 1. The number of benzene rings is 1. The number of rotatable bonds is 15. The maximum Gasteiger partial charge on any atom is 0.327 e. The summed E-state index contributed by atoms with van der Waals surface area (Å²) >= 11 is 8.05. The summed E-state index contributed by atoms with van der Waals surface area (Å²) in [4.78, 5) is 53.0. The van der Waals surface area contributed by atoms with Gasteiger partial charge in [-0.2, -0.15) is 25.3 Å². The molecule has 0 radical (unpaired) electrons. The number of hydrogen-bond donors (Lipinski definition) is 9. The number of unbranched alkanes of at least 4 members (excludes halogenated alkanes) is 1. The van der Waals surface area contributed by atoms with E-state index in [0.717, 1.165) is 22.9 Å². The standard InChI is InChI=1S/C23H34N6O5S2/c24-8-4-3-6-15(25)20(30)27-17(9-13-10-26-16-7-2-1-5-14(13)16)21(31)28-18(11-35)22(32)29-19(12-36)23(33)34/h1-2,5,7,10,15,17-19,26,35-36H,3-4,6,8-9,11-12,24-25H2,(H,27,30)(H,28,31)(H,29,32)(H,33,34). The van der Waals surface area contributed by atoms with Crippen molar-refractivity contribution in [2.45, 2.75) is 49.9 Å². The minimum Gasteiger partial charge on any atom is -0.480 e. The van der Waals surface area contributed by atoms with Gasteiger partial charge in [0.25, 0.3) is 0 Å². The van der Waals surface area contributed by atoms with Gasteiger partial charge in [-0.1, -0.05) is 24.6 Å². The third-order valence-electron chi connectivity index (χ3n) is 5.65. The molecule has 3 amide bonds. The van der Waals surface area contributed by atoms with E-state index in [4.69, 9.17) is 16.6 Å². The van der Waals surface area contributed by atoms with E-state index in [2.05, 4.69) is 46.2 Å². The third-order valence-corrected chi connectivity index (χ3v) is 6.38. The van der Waals surface area contributed by atoms with Crippen LogP contribution in [0.25, 0.3) is 10.9 Å². The second-order valence-corrected chi connectivity index (χ2v) is 9.07. The summed E-state index contributed by atoms with van der Waals surface area (Å²) in [6, 6.07) is 3.28. The Labute approximate surface area is 220 Å². The molecule has 0 aliphatic rings. The molecule has 11 nitrogen and oxygen atoms in total. The first-order chi connectivity index (χ1) is 17.2. The van der Waals surface area contributed by atoms with E-state index in [9.17, 15) is 19.2 Å². The van der Waals surface area contributed by atoms with Crippen LogP contribution in [0.2, 0.25) is 0 Å². The van der Waals surface area contributed by atoms with Crippen LogP contribution in [0.4, 0.5) is 0 Å². The molecule has 0 saturated heterocycles. The van der Waals surface area contributed by atoms with Crippen LogP contribution in [-0.2, 0) is 25.6 Å². The van der Waals surface area contributed by atoms with Crippen molar-refractivity contribution in [2.24, 2.45) is 11.5 Å². The molecule has 4 atom stereocenters. The van der Waals surface area contributed by atoms with Crippen LogP contribution in [0.15, 0.2) is 30.5 Å². The van der Waals surface area contributed by atoms with Crippen molar-refractivity contribution in [1.82, 2.24) is 20.9 Å². The number of amides is 3. The zero-order chi connectivity index (χ0) is 26.7. The topological polar surface area (TPSA) is 192 Å². The molecule has 0 aliphatic carbocycles. The number of carboxylic acids is 1. The Morgan fingerprint density at radius 2 is 1.53 bits per heavy atom. The monoisotopic (exact) mass is 538 g/mol. The van der Waals surface area contributed by atoms with Crippen LogP contribution in [0.1, 0.15) is 24.8 Å². The number of hydrogen-bond acceptors (Lipinski definition) is 8. The van der Waals surface area contributed by atoms with Gasteiger partial charge >= 0.3 is 5.97 Å². The zero-order valence-corrected chi connectivity index (χ0v) is 21.6. The molecule has 0 spiro atoms. The third kappa shape index (κ3) is 8.43. The van der Waals surface area contributed by atoms with Gasteiger partial charge in [-0.15, -0.1) is 0 Å². The highest BCUT2D eigenvalue weighted by Gasteiger charge is 2.30. The normalized spacial score (nSPS) is 14.4. The Morgan fingerprint density at radius 1 is 0.917 bits per heavy atom. The van der Waals surface area contributed by atoms with Crippen LogP contribution >= 0.6 is 25.3 Å². The lowest BCUT2D eigenvalue weighted by atomic mass is 10.0. The Kier molecular flexibility index (Phi) is 12.1. The summed E-state index contributed by atoms with van der Waals surface area (Å²) in [5, 5.41) is 17.6. The Bertz CT molecular complexity index is 1050. The molecule has 0 bridgehead atoms. The molecule has 2 rings (SSSR count). The fourth-order valence-electron chi connectivity index (χ4n) is 3.57. The summed E-state index contributed by atoms with van der Waals surface area (Å²) in [6.07, 6.45) is 3.69. The highest BCUT2D eigenvalue weighted by Crippen LogP contribution is 2.19. The Hall–Kier alpha value is -2.74. The summed E-state index contributed by atoms with van der Waals surface area (Å²) in [6.45, 7) is 0.489. The molecule has 0 saturated carbocycles. The lowest BCUT2D eigenvalue weighted by Gasteiger charge is -2.24. The first-order valence-electron chi connectivity index (χ1n) is 11.6. The van der Waals surface area contributed by atoms with E-state index >= 15 is 0 Å². The van der Waals surface area contributed by atoms with Crippen molar-refractivity contribution < 1.29 is 24.3 Å². The van der Waals surface area contributed by atoms with Gasteiger partial charge in [0.05, 0.1) is 6.04 Å². The zero-order valence-electron chi connectivity index (χ0n) is 19.8. The minimum absolute atomic E-state index is 0.0944. The van der Waals surface area contributed by atoms with Crippen LogP contribution < -0.4 is 27.4 Å². The number of aromatic nitrogens is 1. The molecule has 1 aromatic carbocycles. The van der Waals surface area contributed by atoms with Crippen molar-refractivity contribution in [3.05, 3.63) is 36.0 Å². The highest BCUT2D eigenvalue weighted by molar-refractivity contribution is 7.80. The number of fused-ring (bicyclic) bond motifs is 1. The molecule has 36 heavy (non-hydrogen) atoms. The molecule has 1 aromatic heterocycles. The molecular weight excluding hydrogens is 504 g/mol. The molecule has 9 N–H and O–H groups in total. The van der Waals surface area contributed by atoms with Gasteiger partial charge in [-0.05, 0) is 31.0 Å². The minimum atomic E-state index is -1.25. The summed E-state index contributed by atoms with van der Waals surface area (Å²) < 4.78 is 0. The second-order valence-electron chi connectivity index (χ2n) is 8.34. The van der Waals surface area contributed by atoms with Gasteiger partial charge in [0, 0.05) is 35.0 Å². The number of aliphatic carboxylic acids is 1. The Morgan fingerprint density at radius 3 is 2.17 bits per heavy atom. The fraction of sp³-hybridized carbons (Fsp3) is 0.478. The molecule has 0 aliphatic heterocycles. The average Bonchev–Trinajstić information content (AvgIpc) is 3.27. The van der Waals surface area contributed by atoms with Gasteiger partial charge in [0.15, 0.2) is 0 Å². The van der Waals surface area contributed by atoms with Crippen LogP contribution in [-0.4, -0.2) is 76.0 Å². The number of nitrogens with two attached hydrogens (primary N) is 2. The quantitative estimate of drug-likeness (QED) is 0.108. The first-order valence-corrected chi connectivity index (χ1v) is 12.8. The van der Waals surface area contributed by atoms with Crippen molar-refractivity contribution in [2.75, 3.05) is 18.1 Å². The van der Waals surface area contributed by atoms with Crippen molar-refractivity contribution in [1.29, 1.82) is 0 Å². The van der Waals surface area contributed by atoms with Gasteiger partial charge in [0.2, 0.25) is 17.7 Å². The van der Waals surface area contributed by atoms with Crippen LogP contribution in [0.5, 0.6) is 0 Å². The number of carbonyl (C=O) groups excluding carboxylic acids is 3. The van der Waals surface area contributed by atoms with Gasteiger partial charge < -0.3 is 37.5 Å². The average molecular weight is 539 g/mol. The molecule has 13 heteroatoms. The lowest BCUT2D eigenvalue weighted by Crippen LogP contribution is -2.58. The van der Waals surface area contributed by atoms with E-state index < -0.39 is 47.9 Å². The predicted octanol–water partition coefficient (Wildman–Crippen LogP) is -0.435. The molecular formula is C23H34N6O5S2. The predicted molar refractivity (Wildman–Crippen MR) is 144 cm³/mol. The van der Waals surface area contributed by atoms with Crippen molar-refractivity contribution in [3.8, 4) is 0 Å². The lowest BCUT2D eigenvalue weighted by molar-refractivity contribution is -0.141. The number of thiol groups is 2. The summed E-state index contributed by atoms with van der Waals surface area (Å²) in [5.74, 6) is -3.33. The number of carbonyl (C=O) groups is 4. The fourth-order valence-corrected chi connectivity index (χ4v) is 4.08. The van der Waals surface area contributed by atoms with E-state index in [1.807, 2.05) is 24.3 Å². The SMILES string of the molecule is NCCCCC(N)C(=O)NC(Cc1c[nH]c2ccccc12)C(=O)NC(CS)C(=O)NC(CS)C(=O)O. The molecule has 4 unspecified atom stereocenters. The highest BCUT2D eigenvalue weighted by atomic mass is 32.1. The van der Waals surface area contributed by atoms with Crippen molar-refractivity contribution in [3.63, 3.8) is 0 Å². The summed E-state index contributed by atoms with van der Waals surface area (Å²) in [7, 11) is 0. The van der Waals surface area contributed by atoms with Gasteiger partial charge in [0.1, 0.15) is 18.1 Å². The van der Waals surface area contributed by atoms with E-state index in [1.54, 1.807) is 6.20 Å². The molecule has 0 fully saturated rings. The van der Waals surface area contributed by atoms with E-state index in [1.165, 1.54) is 0 Å². The Balaban J connectivity index is 2.20. The van der Waals surface area contributed by atoms with Gasteiger partial charge in [-0.3, -0.25) is 14.4 Å². The maximum atomic E-state index is 13.2. The van der Waals surface area contributed by atoms with Gasteiger partial charge in [-0.25, -0.2) is 4.79 Å². The number of H-pyrrole nitrogens is 1. The second kappa shape index (κ2) is 14.7. The number of para-hydroxylation sites is 1. The maximum absolute atomic E-state index is 13.2. The largest absolute Gasteiger partial charge is 0.480 e. The smallest absolute Gasteiger partial charge is 0.327 e. The number of nitrogens with one attached hydrogen (secondary N) is 4. The van der Waals surface area contributed by atoms with E-state index in [-0.39, 0.29) is 17.9 Å². The molecule has 198 valence electrons. The molecule has 2 aromatic rings. The number of aromatic amines is 1. The molecule has 1 heterocycles. The van der Waals surface area contributed by atoms with E-state index in [0.29, 0.717) is 19.4 Å². The van der Waals surface area contributed by atoms with Crippen LogP contribution in [0, 0.1) is 0 Å². The summed E-state index contributed by atoms with van der Waals surface area (Å²) in [5.41, 5.74) is 13.2. The van der Waals surface area contributed by atoms with Crippen molar-refractivity contribution >= 4 is 59.9 Å².